The number of halogens is 2. The molecule has 29 heavy (non-hydrogen) atoms. The monoisotopic (exact) mass is 395 g/mol. The molecule has 3 aromatic rings. The number of nitrogens with one attached hydrogen (secondary N) is 1. The first kappa shape index (κ1) is 19.1. The molecule has 1 saturated heterocycles. The van der Waals surface area contributed by atoms with Crippen molar-refractivity contribution in [2.24, 2.45) is 0 Å². The summed E-state index contributed by atoms with van der Waals surface area (Å²) in [5, 5.41) is 3.31. The van der Waals surface area contributed by atoms with Crippen molar-refractivity contribution in [3.8, 4) is 0 Å². The van der Waals surface area contributed by atoms with E-state index in [0.29, 0.717) is 12.5 Å². The molecule has 1 aromatic heterocycles. The number of hydrogen-bond donors (Lipinski definition) is 1. The maximum Gasteiger partial charge on any atom is 0.227 e. The Labute approximate surface area is 169 Å². The van der Waals surface area contributed by atoms with E-state index in [4.69, 9.17) is 0 Å². The highest BCUT2D eigenvalue weighted by molar-refractivity contribution is 5.49. The van der Waals surface area contributed by atoms with Gasteiger partial charge in [0.15, 0.2) is 0 Å². The Hall–Kier alpha value is -3.22. The third kappa shape index (κ3) is 4.99. The zero-order valence-electron chi connectivity index (χ0n) is 16.1. The van der Waals surface area contributed by atoms with Crippen LogP contribution in [0.2, 0.25) is 0 Å². The highest BCUT2D eigenvalue weighted by Crippen LogP contribution is 2.19. The van der Waals surface area contributed by atoms with Crippen molar-refractivity contribution in [1.82, 2.24) is 9.97 Å². The van der Waals surface area contributed by atoms with Crippen LogP contribution < -0.4 is 15.1 Å². The third-order valence-corrected chi connectivity index (χ3v) is 5.03. The fraction of sp³-hybridized carbons (Fsp3) is 0.273. The van der Waals surface area contributed by atoms with E-state index in [2.05, 4.69) is 25.1 Å². The van der Waals surface area contributed by atoms with Crippen LogP contribution in [0.4, 0.5) is 26.2 Å². The first-order chi connectivity index (χ1) is 14.2. The first-order valence-electron chi connectivity index (χ1n) is 9.74. The normalized spacial score (nSPS) is 14.1. The van der Waals surface area contributed by atoms with Gasteiger partial charge in [-0.25, -0.2) is 13.8 Å². The molecule has 0 spiro atoms. The molecule has 150 valence electrons. The lowest BCUT2D eigenvalue weighted by molar-refractivity contribution is 0.623. The molecule has 1 fully saturated rings. The molecule has 7 heteroatoms. The predicted molar refractivity (Wildman–Crippen MR) is 111 cm³/mol. The highest BCUT2D eigenvalue weighted by Gasteiger charge is 2.19. The summed E-state index contributed by atoms with van der Waals surface area (Å²) < 4.78 is 26.1. The van der Waals surface area contributed by atoms with E-state index in [-0.39, 0.29) is 11.6 Å². The molecule has 0 atom stereocenters. The van der Waals surface area contributed by atoms with Crippen molar-refractivity contribution in [2.75, 3.05) is 47.8 Å². The SMILES string of the molecule is Fc1ccc(CCNc2ccnc(N3CCN(c4ccc(F)cc4)CC3)n2)cc1. The molecule has 0 saturated carbocycles. The van der Waals surface area contributed by atoms with Crippen molar-refractivity contribution < 1.29 is 8.78 Å². The van der Waals surface area contributed by atoms with Gasteiger partial charge in [-0.05, 0) is 54.4 Å². The predicted octanol–water partition coefficient (Wildman–Crippen LogP) is 3.74. The second-order valence-electron chi connectivity index (χ2n) is 7.00. The van der Waals surface area contributed by atoms with Crippen LogP contribution in [-0.4, -0.2) is 42.7 Å². The molecule has 1 aliphatic rings. The van der Waals surface area contributed by atoms with Gasteiger partial charge in [0.1, 0.15) is 17.5 Å². The van der Waals surface area contributed by atoms with Crippen LogP contribution >= 0.6 is 0 Å². The summed E-state index contributed by atoms with van der Waals surface area (Å²) in [6.45, 7) is 3.97. The molecule has 0 aliphatic carbocycles. The minimum Gasteiger partial charge on any atom is -0.370 e. The largest absolute Gasteiger partial charge is 0.370 e. The molecule has 1 N–H and O–H groups in total. The van der Waals surface area contributed by atoms with Gasteiger partial charge in [-0.2, -0.15) is 4.98 Å². The molecule has 1 aliphatic heterocycles. The number of piperazine rings is 1. The summed E-state index contributed by atoms with van der Waals surface area (Å²) in [4.78, 5) is 13.4. The number of rotatable bonds is 6. The van der Waals surface area contributed by atoms with Crippen LogP contribution in [0.3, 0.4) is 0 Å². The summed E-state index contributed by atoms with van der Waals surface area (Å²) in [5.74, 6) is 1.04. The molecule has 0 amide bonds. The molecule has 2 heterocycles. The van der Waals surface area contributed by atoms with E-state index < -0.39 is 0 Å². The van der Waals surface area contributed by atoms with Crippen LogP contribution in [-0.2, 0) is 6.42 Å². The van der Waals surface area contributed by atoms with Gasteiger partial charge < -0.3 is 15.1 Å². The summed E-state index contributed by atoms with van der Waals surface area (Å²) >= 11 is 0. The molecule has 0 bridgehead atoms. The zero-order valence-corrected chi connectivity index (χ0v) is 16.1. The first-order valence-corrected chi connectivity index (χ1v) is 9.74. The Morgan fingerprint density at radius 3 is 2.10 bits per heavy atom. The van der Waals surface area contributed by atoms with E-state index >= 15 is 0 Å². The van der Waals surface area contributed by atoms with Crippen molar-refractivity contribution >= 4 is 17.5 Å². The van der Waals surface area contributed by atoms with Gasteiger partial charge >= 0.3 is 0 Å². The van der Waals surface area contributed by atoms with E-state index in [0.717, 1.165) is 49.7 Å². The van der Waals surface area contributed by atoms with Crippen LogP contribution in [0, 0.1) is 11.6 Å². The minimum atomic E-state index is -0.221. The fourth-order valence-corrected chi connectivity index (χ4v) is 3.40. The van der Waals surface area contributed by atoms with Gasteiger partial charge in [-0.15, -0.1) is 0 Å². The van der Waals surface area contributed by atoms with E-state index in [1.165, 1.54) is 24.3 Å². The van der Waals surface area contributed by atoms with Gasteiger partial charge in [0.05, 0.1) is 0 Å². The lowest BCUT2D eigenvalue weighted by Gasteiger charge is -2.36. The van der Waals surface area contributed by atoms with Crippen LogP contribution in [0.15, 0.2) is 60.8 Å². The zero-order chi connectivity index (χ0) is 20.1. The van der Waals surface area contributed by atoms with E-state index in [1.807, 2.05) is 18.2 Å². The summed E-state index contributed by atoms with van der Waals surface area (Å²) in [6, 6.07) is 15.0. The Balaban J connectivity index is 1.30. The van der Waals surface area contributed by atoms with Gasteiger partial charge in [-0.3, -0.25) is 0 Å². The number of anilines is 3. The summed E-state index contributed by atoms with van der Waals surface area (Å²) in [7, 11) is 0. The number of benzene rings is 2. The molecule has 2 aromatic carbocycles. The average molecular weight is 395 g/mol. The topological polar surface area (TPSA) is 44.3 Å². The highest BCUT2D eigenvalue weighted by atomic mass is 19.1. The smallest absolute Gasteiger partial charge is 0.227 e. The molecule has 0 radical (unpaired) electrons. The maximum absolute atomic E-state index is 13.1. The Morgan fingerprint density at radius 2 is 1.41 bits per heavy atom. The Morgan fingerprint density at radius 1 is 0.793 bits per heavy atom. The quantitative estimate of drug-likeness (QED) is 0.689. The Bertz CT molecular complexity index is 923. The number of nitrogens with zero attached hydrogens (tertiary/aromatic N) is 4. The van der Waals surface area contributed by atoms with E-state index in [1.54, 1.807) is 18.3 Å². The maximum atomic E-state index is 13.1. The van der Waals surface area contributed by atoms with Gasteiger partial charge in [0.2, 0.25) is 5.95 Å². The fourth-order valence-electron chi connectivity index (χ4n) is 3.40. The molecular weight excluding hydrogens is 372 g/mol. The standard InChI is InChI=1S/C22H23F2N5/c23-18-3-1-17(2-4-18)9-11-25-21-10-12-26-22(27-21)29-15-13-28(14-16-29)20-7-5-19(24)6-8-20/h1-8,10,12H,9,11,13-16H2,(H,25,26,27). The van der Waals surface area contributed by atoms with Gasteiger partial charge in [0.25, 0.3) is 0 Å². The second-order valence-corrected chi connectivity index (χ2v) is 7.00. The lowest BCUT2D eigenvalue weighted by atomic mass is 10.1. The van der Waals surface area contributed by atoms with Crippen LogP contribution in [0.5, 0.6) is 0 Å². The molecule has 4 rings (SSSR count). The van der Waals surface area contributed by atoms with Crippen molar-refractivity contribution in [1.29, 1.82) is 0 Å². The van der Waals surface area contributed by atoms with Crippen molar-refractivity contribution in [3.05, 3.63) is 78.0 Å². The van der Waals surface area contributed by atoms with Gasteiger partial charge in [0, 0.05) is 44.6 Å². The minimum absolute atomic E-state index is 0.218. The summed E-state index contributed by atoms with van der Waals surface area (Å²) in [6.07, 6.45) is 2.55. The van der Waals surface area contributed by atoms with Crippen LogP contribution in [0.25, 0.3) is 0 Å². The number of hydrogen-bond acceptors (Lipinski definition) is 5. The van der Waals surface area contributed by atoms with Crippen molar-refractivity contribution in [2.45, 2.75) is 6.42 Å². The van der Waals surface area contributed by atoms with Crippen LogP contribution in [0.1, 0.15) is 5.56 Å². The summed E-state index contributed by atoms with van der Waals surface area (Å²) in [5.41, 5.74) is 2.10. The molecule has 5 nitrogen and oxygen atoms in total. The van der Waals surface area contributed by atoms with Crippen molar-refractivity contribution in [3.63, 3.8) is 0 Å². The number of aromatic nitrogens is 2. The third-order valence-electron chi connectivity index (χ3n) is 5.03. The van der Waals surface area contributed by atoms with E-state index in [9.17, 15) is 8.78 Å². The molecular formula is C22H23F2N5. The average Bonchev–Trinajstić information content (AvgIpc) is 2.76. The Kier molecular flexibility index (Phi) is 5.84. The lowest BCUT2D eigenvalue weighted by Crippen LogP contribution is -2.47. The second kappa shape index (κ2) is 8.86. The van der Waals surface area contributed by atoms with Gasteiger partial charge in [-0.1, -0.05) is 12.1 Å². The molecule has 0 unspecified atom stereocenters.